The number of hydrogen-bond donors (Lipinski definition) is 2. The summed E-state index contributed by atoms with van der Waals surface area (Å²) in [5.74, 6) is 0.0864. The second-order valence-electron chi connectivity index (χ2n) is 6.49. The Morgan fingerprint density at radius 3 is 2.82 bits per heavy atom. The number of hydrogen-bond acceptors (Lipinski definition) is 5. The molecule has 1 aromatic rings. The fraction of sp³-hybridized carbons (Fsp3) is 0.368. The molecule has 28 heavy (non-hydrogen) atoms. The first kappa shape index (κ1) is 19.7. The van der Waals surface area contributed by atoms with E-state index in [0.29, 0.717) is 29.8 Å². The normalized spacial score (nSPS) is 19.5. The third-order valence-corrected chi connectivity index (χ3v) is 4.75. The van der Waals surface area contributed by atoms with E-state index in [4.69, 9.17) is 16.9 Å². The van der Waals surface area contributed by atoms with Crippen LogP contribution in [0.1, 0.15) is 25.3 Å². The Balaban J connectivity index is 1.93. The molecule has 2 heterocycles. The van der Waals surface area contributed by atoms with Crippen molar-refractivity contribution in [2.75, 3.05) is 19.6 Å². The molecule has 0 spiro atoms. The lowest BCUT2D eigenvalue weighted by atomic mass is 10.0. The number of unbranched alkanes of at least 4 members (excludes halogenated alkanes) is 1. The van der Waals surface area contributed by atoms with Crippen LogP contribution in [0.2, 0.25) is 5.02 Å². The highest BCUT2D eigenvalue weighted by atomic mass is 35.5. The number of aliphatic hydroxyl groups is 1. The number of benzene rings is 1. The highest BCUT2D eigenvalue weighted by Crippen LogP contribution is 2.24. The van der Waals surface area contributed by atoms with Crippen molar-refractivity contribution in [2.45, 2.75) is 25.8 Å². The summed E-state index contributed by atoms with van der Waals surface area (Å²) < 4.78 is 0. The van der Waals surface area contributed by atoms with E-state index in [-0.39, 0.29) is 18.2 Å². The van der Waals surface area contributed by atoms with Gasteiger partial charge in [-0.1, -0.05) is 37.1 Å². The molecule has 0 saturated carbocycles. The predicted molar refractivity (Wildman–Crippen MR) is 107 cm³/mol. The first-order chi connectivity index (χ1) is 13.5. The van der Waals surface area contributed by atoms with Crippen molar-refractivity contribution in [1.82, 2.24) is 15.2 Å². The molecule has 2 aliphatic heterocycles. The van der Waals surface area contributed by atoms with Gasteiger partial charge >= 0.3 is 0 Å². The summed E-state index contributed by atoms with van der Waals surface area (Å²) in [4.78, 5) is 18.3. The molecule has 1 atom stereocenters. The van der Waals surface area contributed by atoms with E-state index in [2.05, 4.69) is 22.3 Å². The van der Waals surface area contributed by atoms with Gasteiger partial charge in [0.1, 0.15) is 5.76 Å². The summed E-state index contributed by atoms with van der Waals surface area (Å²) in [6.07, 6.45) is 4.99. The quantitative estimate of drug-likeness (QED) is 0.259. The summed E-state index contributed by atoms with van der Waals surface area (Å²) in [5.41, 5.74) is 1.46. The minimum atomic E-state index is -0.397. The summed E-state index contributed by atoms with van der Waals surface area (Å²) in [5, 5.41) is 28.3. The van der Waals surface area contributed by atoms with Crippen LogP contribution >= 0.6 is 11.6 Å². The molecule has 0 saturated heterocycles. The zero-order chi connectivity index (χ0) is 20.1. The minimum Gasteiger partial charge on any atom is -0.510 e. The molecule has 1 unspecified atom stereocenters. The van der Waals surface area contributed by atoms with Crippen LogP contribution in [0.4, 0.5) is 0 Å². The Morgan fingerprint density at radius 1 is 1.46 bits per heavy atom. The molecular weight excluding hydrogens is 380 g/mol. The van der Waals surface area contributed by atoms with Crippen LogP contribution in [0.3, 0.4) is 0 Å². The van der Waals surface area contributed by atoms with Crippen molar-refractivity contribution in [1.29, 1.82) is 5.26 Å². The van der Waals surface area contributed by atoms with Crippen LogP contribution < -0.4 is 5.32 Å². The standard InChI is InChI=1S/C19H21ClN6O2/c1-2-3-8-22-19(23-12-21)26-11-16(25-10-15(27)9-17(25)28)18(24-26)13-4-6-14(20)7-5-13/h4-7,9,16,27H,2-3,8,10-11H2,1H3,(H,22,23). The fourth-order valence-corrected chi connectivity index (χ4v) is 3.23. The molecule has 146 valence electrons. The maximum atomic E-state index is 12.3. The van der Waals surface area contributed by atoms with Gasteiger partial charge in [0, 0.05) is 23.2 Å². The van der Waals surface area contributed by atoms with E-state index in [1.54, 1.807) is 22.0 Å². The minimum absolute atomic E-state index is 0.0193. The Hall–Kier alpha value is -3.05. The number of carbonyl (C=O) groups is 1. The lowest BCUT2D eigenvalue weighted by Crippen LogP contribution is -2.46. The van der Waals surface area contributed by atoms with Crippen molar-refractivity contribution in [3.8, 4) is 6.19 Å². The molecular formula is C19H21ClN6O2. The third kappa shape index (κ3) is 4.26. The van der Waals surface area contributed by atoms with Crippen LogP contribution in [-0.4, -0.2) is 58.3 Å². The first-order valence-corrected chi connectivity index (χ1v) is 9.43. The van der Waals surface area contributed by atoms with E-state index >= 15 is 0 Å². The number of guanidine groups is 1. The van der Waals surface area contributed by atoms with Crippen molar-refractivity contribution in [3.05, 3.63) is 46.7 Å². The van der Waals surface area contributed by atoms with Gasteiger partial charge in [-0.2, -0.15) is 10.4 Å². The van der Waals surface area contributed by atoms with Crippen molar-refractivity contribution >= 4 is 29.2 Å². The number of nitrogens with one attached hydrogen (secondary N) is 1. The Kier molecular flexibility index (Phi) is 6.16. The van der Waals surface area contributed by atoms with E-state index in [0.717, 1.165) is 18.4 Å². The average Bonchev–Trinajstić information content (AvgIpc) is 3.24. The van der Waals surface area contributed by atoms with Gasteiger partial charge in [-0.3, -0.25) is 15.1 Å². The maximum Gasteiger partial charge on any atom is 0.251 e. The Bertz CT molecular complexity index is 871. The SMILES string of the molecule is CCCCN=C(NC#N)N1CC(N2CC(O)=CC2=O)C(c2ccc(Cl)cc2)=N1. The molecule has 0 radical (unpaired) electrons. The molecule has 1 aromatic carbocycles. The predicted octanol–water partition coefficient (Wildman–Crippen LogP) is 2.24. The van der Waals surface area contributed by atoms with E-state index in [1.807, 2.05) is 18.3 Å². The van der Waals surface area contributed by atoms with Crippen molar-refractivity contribution in [3.63, 3.8) is 0 Å². The largest absolute Gasteiger partial charge is 0.510 e. The smallest absolute Gasteiger partial charge is 0.251 e. The van der Waals surface area contributed by atoms with Gasteiger partial charge in [-0.05, 0) is 18.6 Å². The van der Waals surface area contributed by atoms with E-state index in [9.17, 15) is 9.90 Å². The van der Waals surface area contributed by atoms with Crippen LogP contribution in [-0.2, 0) is 4.79 Å². The highest BCUT2D eigenvalue weighted by Gasteiger charge is 2.38. The van der Waals surface area contributed by atoms with Crippen molar-refractivity contribution < 1.29 is 9.90 Å². The second-order valence-corrected chi connectivity index (χ2v) is 6.92. The molecule has 0 bridgehead atoms. The number of nitrogens with zero attached hydrogens (tertiary/aromatic N) is 5. The molecule has 1 amide bonds. The fourth-order valence-electron chi connectivity index (χ4n) is 3.10. The highest BCUT2D eigenvalue weighted by molar-refractivity contribution is 6.30. The zero-order valence-corrected chi connectivity index (χ0v) is 16.2. The Morgan fingerprint density at radius 2 is 2.21 bits per heavy atom. The summed E-state index contributed by atoms with van der Waals surface area (Å²) in [6.45, 7) is 3.08. The van der Waals surface area contributed by atoms with E-state index < -0.39 is 6.04 Å². The molecule has 0 aliphatic carbocycles. The monoisotopic (exact) mass is 400 g/mol. The molecule has 9 heteroatoms. The number of aliphatic hydroxyl groups excluding tert-OH is 1. The van der Waals surface area contributed by atoms with Crippen LogP contribution in [0.15, 0.2) is 46.2 Å². The summed E-state index contributed by atoms with van der Waals surface area (Å²) in [6, 6.07) is 6.77. The van der Waals surface area contributed by atoms with Crippen LogP contribution in [0.5, 0.6) is 0 Å². The van der Waals surface area contributed by atoms with Crippen molar-refractivity contribution in [2.24, 2.45) is 10.1 Å². The number of aliphatic imine (C=N–C) groups is 1. The summed E-state index contributed by atoms with van der Waals surface area (Å²) >= 11 is 5.99. The van der Waals surface area contributed by atoms with Gasteiger partial charge < -0.3 is 10.0 Å². The number of rotatable bonds is 5. The number of hydrazone groups is 1. The molecule has 0 aromatic heterocycles. The number of amides is 1. The second kappa shape index (κ2) is 8.76. The van der Waals surface area contributed by atoms with Crippen LogP contribution in [0, 0.1) is 11.5 Å². The molecule has 2 N–H and O–H groups in total. The molecule has 0 fully saturated rings. The van der Waals surface area contributed by atoms with Gasteiger partial charge in [0.05, 0.1) is 24.8 Å². The topological polar surface area (TPSA) is 104 Å². The van der Waals surface area contributed by atoms with Gasteiger partial charge in [-0.15, -0.1) is 0 Å². The van der Waals surface area contributed by atoms with E-state index in [1.165, 1.54) is 6.08 Å². The molecule has 3 rings (SSSR count). The zero-order valence-electron chi connectivity index (χ0n) is 15.5. The van der Waals surface area contributed by atoms with Gasteiger partial charge in [-0.25, -0.2) is 5.01 Å². The Labute approximate surface area is 168 Å². The average molecular weight is 401 g/mol. The van der Waals surface area contributed by atoms with Crippen LogP contribution in [0.25, 0.3) is 0 Å². The number of halogens is 1. The lowest BCUT2D eigenvalue weighted by Gasteiger charge is -2.25. The number of carbonyl (C=O) groups excluding carboxylic acids is 1. The molecule has 2 aliphatic rings. The van der Waals surface area contributed by atoms with Gasteiger partial charge in [0.15, 0.2) is 6.19 Å². The third-order valence-electron chi connectivity index (χ3n) is 4.50. The van der Waals surface area contributed by atoms with Gasteiger partial charge in [0.2, 0.25) is 5.96 Å². The van der Waals surface area contributed by atoms with Gasteiger partial charge in [0.25, 0.3) is 5.91 Å². The number of nitriles is 1. The first-order valence-electron chi connectivity index (χ1n) is 9.05. The molecule has 8 nitrogen and oxygen atoms in total. The maximum absolute atomic E-state index is 12.3. The lowest BCUT2D eigenvalue weighted by molar-refractivity contribution is -0.125. The summed E-state index contributed by atoms with van der Waals surface area (Å²) in [7, 11) is 0.